The summed E-state index contributed by atoms with van der Waals surface area (Å²) in [6, 6.07) is 7.91. The number of hydrogen-bond donors (Lipinski definition) is 0. The van der Waals surface area contributed by atoms with Gasteiger partial charge in [-0.1, -0.05) is 12.1 Å². The Morgan fingerprint density at radius 1 is 1.39 bits per heavy atom. The molecule has 0 spiro atoms. The second kappa shape index (κ2) is 8.03. The Labute approximate surface area is 151 Å². The lowest BCUT2D eigenvalue weighted by atomic mass is 10.2. The first kappa shape index (κ1) is 18.8. The molecule has 1 fully saturated rings. The fourth-order valence-electron chi connectivity index (χ4n) is 2.62. The van der Waals surface area contributed by atoms with Crippen molar-refractivity contribution in [2.75, 3.05) is 17.8 Å². The average molecular weight is 420 g/mol. The topological polar surface area (TPSA) is 54.5 Å². The Hall–Kier alpha value is -0.530. The summed E-state index contributed by atoms with van der Waals surface area (Å²) in [4.78, 5) is 15.4. The van der Waals surface area contributed by atoms with Gasteiger partial charge in [-0.05, 0) is 47.8 Å². The lowest BCUT2D eigenvalue weighted by molar-refractivity contribution is -0.132. The molecule has 1 amide bonds. The van der Waals surface area contributed by atoms with Crippen LogP contribution in [0.2, 0.25) is 0 Å². The van der Waals surface area contributed by atoms with Crippen LogP contribution < -0.4 is 0 Å². The Bertz CT molecular complexity index is 659. The van der Waals surface area contributed by atoms with Crippen molar-refractivity contribution in [1.82, 2.24) is 4.90 Å². The molecule has 1 unspecified atom stereocenters. The van der Waals surface area contributed by atoms with Crippen LogP contribution in [0, 0.1) is 0 Å². The van der Waals surface area contributed by atoms with Crippen LogP contribution >= 0.6 is 27.7 Å². The molecule has 1 aromatic rings. The van der Waals surface area contributed by atoms with Gasteiger partial charge in [-0.15, -0.1) is 11.8 Å². The zero-order chi connectivity index (χ0) is 17.0. The molecule has 1 saturated carbocycles. The molecule has 0 heterocycles. The molecule has 0 bridgehead atoms. The SMILES string of the molecule is CC(CS(C)(=O)=O)N(C(=O)CCSc1ccccc1Br)C1CC1. The minimum absolute atomic E-state index is 0.0343. The van der Waals surface area contributed by atoms with Gasteiger partial charge in [-0.3, -0.25) is 4.79 Å². The Balaban J connectivity index is 1.90. The van der Waals surface area contributed by atoms with Gasteiger partial charge >= 0.3 is 0 Å². The number of hydrogen-bond acceptors (Lipinski definition) is 4. The zero-order valence-corrected chi connectivity index (χ0v) is 16.6. The summed E-state index contributed by atoms with van der Waals surface area (Å²) in [7, 11) is -3.08. The molecule has 0 aromatic heterocycles. The lowest BCUT2D eigenvalue weighted by Gasteiger charge is -2.29. The van der Waals surface area contributed by atoms with Gasteiger partial charge in [0.15, 0.2) is 0 Å². The van der Waals surface area contributed by atoms with Gasteiger partial charge in [0.1, 0.15) is 9.84 Å². The maximum absolute atomic E-state index is 12.5. The van der Waals surface area contributed by atoms with Crippen molar-refractivity contribution in [1.29, 1.82) is 0 Å². The summed E-state index contributed by atoms with van der Waals surface area (Å²) in [6.07, 6.45) is 3.62. The first-order valence-corrected chi connectivity index (χ1v) is 11.5. The van der Waals surface area contributed by atoms with E-state index in [1.165, 1.54) is 6.26 Å². The van der Waals surface area contributed by atoms with Crippen LogP contribution in [0.4, 0.5) is 0 Å². The van der Waals surface area contributed by atoms with Gasteiger partial charge < -0.3 is 4.90 Å². The Morgan fingerprint density at radius 2 is 2.04 bits per heavy atom. The van der Waals surface area contributed by atoms with Crippen molar-refractivity contribution >= 4 is 43.4 Å². The third kappa shape index (κ3) is 6.12. The number of amides is 1. The molecular weight excluding hydrogens is 398 g/mol. The normalized spacial score (nSPS) is 16.1. The zero-order valence-electron chi connectivity index (χ0n) is 13.4. The van der Waals surface area contributed by atoms with Gasteiger partial charge in [0.2, 0.25) is 5.91 Å². The summed E-state index contributed by atoms with van der Waals surface area (Å²) in [6.45, 7) is 1.83. The largest absolute Gasteiger partial charge is 0.336 e. The van der Waals surface area contributed by atoms with Crippen LogP contribution in [0.15, 0.2) is 33.6 Å². The molecule has 0 N–H and O–H groups in total. The highest BCUT2D eigenvalue weighted by Crippen LogP contribution is 2.31. The van der Waals surface area contributed by atoms with Crippen molar-refractivity contribution in [3.63, 3.8) is 0 Å². The maximum atomic E-state index is 12.5. The highest BCUT2D eigenvalue weighted by molar-refractivity contribution is 9.10. The van der Waals surface area contributed by atoms with Crippen molar-refractivity contribution in [3.8, 4) is 0 Å². The molecule has 0 aliphatic heterocycles. The molecule has 0 saturated heterocycles. The third-order valence-corrected chi connectivity index (χ3v) is 6.77. The van der Waals surface area contributed by atoms with Gasteiger partial charge in [0, 0.05) is 39.9 Å². The van der Waals surface area contributed by atoms with Crippen molar-refractivity contribution in [3.05, 3.63) is 28.7 Å². The number of thioether (sulfide) groups is 1. The second-order valence-corrected chi connectivity index (χ2v) is 10.2. The van der Waals surface area contributed by atoms with Crippen LogP contribution in [0.3, 0.4) is 0 Å². The highest BCUT2D eigenvalue weighted by atomic mass is 79.9. The molecular formula is C16H22BrNO3S2. The molecule has 7 heteroatoms. The first-order chi connectivity index (χ1) is 10.8. The Kier molecular flexibility index (Phi) is 6.57. The number of halogens is 1. The maximum Gasteiger partial charge on any atom is 0.223 e. The van der Waals surface area contributed by atoms with Crippen molar-refractivity contribution < 1.29 is 13.2 Å². The summed E-state index contributed by atoms with van der Waals surface area (Å²) in [5, 5.41) is 0. The Morgan fingerprint density at radius 3 is 2.61 bits per heavy atom. The fourth-order valence-corrected chi connectivity index (χ4v) is 5.16. The average Bonchev–Trinajstić information content (AvgIpc) is 3.23. The van der Waals surface area contributed by atoms with E-state index in [0.29, 0.717) is 12.2 Å². The van der Waals surface area contributed by atoms with Gasteiger partial charge in [-0.25, -0.2) is 8.42 Å². The molecule has 1 aliphatic rings. The standard InChI is InChI=1S/C16H22BrNO3S2/c1-12(11-23(2,20)21)18(13-7-8-13)16(19)9-10-22-15-6-4-3-5-14(15)17/h3-6,12-13H,7-11H2,1-2H3. The van der Waals surface area contributed by atoms with Crippen LogP contribution in [0.5, 0.6) is 0 Å². The number of carbonyl (C=O) groups is 1. The van der Waals surface area contributed by atoms with E-state index in [1.54, 1.807) is 16.7 Å². The second-order valence-electron chi connectivity index (χ2n) is 6.00. The smallest absolute Gasteiger partial charge is 0.223 e. The van der Waals surface area contributed by atoms with E-state index in [4.69, 9.17) is 0 Å². The molecule has 1 atom stereocenters. The van der Waals surface area contributed by atoms with E-state index in [2.05, 4.69) is 15.9 Å². The number of benzene rings is 1. The summed E-state index contributed by atoms with van der Waals surface area (Å²) >= 11 is 5.14. The molecule has 128 valence electrons. The molecule has 1 aromatic carbocycles. The van der Waals surface area contributed by atoms with E-state index >= 15 is 0 Å². The molecule has 1 aliphatic carbocycles. The van der Waals surface area contributed by atoms with E-state index in [-0.39, 0.29) is 23.7 Å². The van der Waals surface area contributed by atoms with Crippen molar-refractivity contribution in [2.24, 2.45) is 0 Å². The predicted octanol–water partition coefficient (Wildman–Crippen LogP) is 3.36. The third-order valence-electron chi connectivity index (χ3n) is 3.66. The number of carbonyl (C=O) groups excluding carboxylic acids is 1. The molecule has 4 nitrogen and oxygen atoms in total. The minimum atomic E-state index is -3.08. The number of nitrogens with zero attached hydrogens (tertiary/aromatic N) is 1. The van der Waals surface area contributed by atoms with E-state index in [1.807, 2.05) is 31.2 Å². The van der Waals surface area contributed by atoms with E-state index in [0.717, 1.165) is 22.2 Å². The summed E-state index contributed by atoms with van der Waals surface area (Å²) < 4.78 is 24.0. The minimum Gasteiger partial charge on any atom is -0.336 e. The monoisotopic (exact) mass is 419 g/mol. The first-order valence-electron chi connectivity index (χ1n) is 7.64. The number of rotatable bonds is 8. The van der Waals surface area contributed by atoms with Crippen LogP contribution in [-0.2, 0) is 14.6 Å². The predicted molar refractivity (Wildman–Crippen MR) is 98.5 cm³/mol. The van der Waals surface area contributed by atoms with Gasteiger partial charge in [0.25, 0.3) is 0 Å². The van der Waals surface area contributed by atoms with Crippen LogP contribution in [-0.4, -0.2) is 49.1 Å². The van der Waals surface area contributed by atoms with E-state index in [9.17, 15) is 13.2 Å². The summed E-state index contributed by atoms with van der Waals surface area (Å²) in [5.74, 6) is 0.784. The van der Waals surface area contributed by atoms with Crippen LogP contribution in [0.25, 0.3) is 0 Å². The quantitative estimate of drug-likeness (QED) is 0.606. The highest BCUT2D eigenvalue weighted by Gasteiger charge is 2.36. The molecule has 2 rings (SSSR count). The molecule has 23 heavy (non-hydrogen) atoms. The van der Waals surface area contributed by atoms with E-state index < -0.39 is 9.84 Å². The molecule has 0 radical (unpaired) electrons. The summed E-state index contributed by atoms with van der Waals surface area (Å²) in [5.41, 5.74) is 0. The lowest BCUT2D eigenvalue weighted by Crippen LogP contribution is -2.43. The number of sulfone groups is 1. The van der Waals surface area contributed by atoms with Crippen LogP contribution in [0.1, 0.15) is 26.2 Å². The fraction of sp³-hybridized carbons (Fsp3) is 0.562. The van der Waals surface area contributed by atoms with Crippen molar-refractivity contribution in [2.45, 2.75) is 43.2 Å². The van der Waals surface area contributed by atoms with Gasteiger partial charge in [-0.2, -0.15) is 0 Å². The van der Waals surface area contributed by atoms with Gasteiger partial charge in [0.05, 0.1) is 5.75 Å².